The summed E-state index contributed by atoms with van der Waals surface area (Å²) in [4.78, 5) is 72.8. The maximum Gasteiger partial charge on any atom is 0.472 e. The zero-order chi connectivity index (χ0) is 69.7. The first-order valence-electron chi connectivity index (χ1n) is 39.8. The van der Waals surface area contributed by atoms with Crippen LogP contribution in [-0.2, 0) is 65.4 Å². The van der Waals surface area contributed by atoms with Crippen molar-refractivity contribution in [3.63, 3.8) is 0 Å². The van der Waals surface area contributed by atoms with Crippen molar-refractivity contribution in [3.05, 3.63) is 0 Å². The summed E-state index contributed by atoms with van der Waals surface area (Å²) in [7, 11) is -9.91. The fourth-order valence-corrected chi connectivity index (χ4v) is 13.3. The van der Waals surface area contributed by atoms with Gasteiger partial charge in [0.2, 0.25) is 0 Å². The minimum atomic E-state index is -4.96. The molecule has 2 unspecified atom stereocenters. The van der Waals surface area contributed by atoms with E-state index in [9.17, 15) is 43.2 Å². The minimum absolute atomic E-state index is 0.109. The van der Waals surface area contributed by atoms with Crippen LogP contribution in [0, 0.1) is 0 Å². The number of unbranched alkanes of at least 4 members (excludes halogenated alkanes) is 51. The number of esters is 4. The molecule has 0 aromatic carbocycles. The van der Waals surface area contributed by atoms with Crippen LogP contribution in [0.15, 0.2) is 0 Å². The molecule has 0 amide bonds. The Bertz CT molecular complexity index is 1810. The Morgan fingerprint density at radius 3 is 0.621 bits per heavy atom. The van der Waals surface area contributed by atoms with Gasteiger partial charge in [0.05, 0.1) is 26.4 Å². The van der Waals surface area contributed by atoms with Gasteiger partial charge < -0.3 is 33.8 Å². The Hall–Kier alpha value is -1.94. The molecule has 0 aliphatic rings. The largest absolute Gasteiger partial charge is 0.472 e. The quantitative estimate of drug-likeness (QED) is 0.0222. The van der Waals surface area contributed by atoms with Crippen LogP contribution in [0.5, 0.6) is 0 Å². The molecule has 0 spiro atoms. The minimum Gasteiger partial charge on any atom is -0.462 e. The third kappa shape index (κ3) is 70.3. The number of ether oxygens (including phenoxy) is 4. The first kappa shape index (κ1) is 93.1. The fraction of sp³-hybridized carbons (Fsp3) is 0.947. The molecule has 0 rings (SSSR count). The summed E-state index contributed by atoms with van der Waals surface area (Å²) in [6, 6.07) is 0. The highest BCUT2D eigenvalue weighted by molar-refractivity contribution is 7.47. The molecular weight excluding hydrogens is 1250 g/mol. The topological polar surface area (TPSA) is 237 Å². The molecule has 0 bridgehead atoms. The highest BCUT2D eigenvalue weighted by Crippen LogP contribution is 2.45. The van der Waals surface area contributed by atoms with Crippen LogP contribution in [0.2, 0.25) is 0 Å². The maximum atomic E-state index is 13.1. The van der Waals surface area contributed by atoms with Crippen molar-refractivity contribution in [2.45, 2.75) is 425 Å². The van der Waals surface area contributed by atoms with Crippen molar-refractivity contribution >= 4 is 39.5 Å². The van der Waals surface area contributed by atoms with Gasteiger partial charge in [0.1, 0.15) is 19.3 Å². The van der Waals surface area contributed by atoms with Crippen LogP contribution >= 0.6 is 15.6 Å². The first-order valence-corrected chi connectivity index (χ1v) is 42.8. The van der Waals surface area contributed by atoms with Gasteiger partial charge in [-0.15, -0.1) is 0 Å². The lowest BCUT2D eigenvalue weighted by molar-refractivity contribution is -0.161. The standard InChI is InChI=1S/C76H148O17P2/c1-5-9-13-17-21-25-29-32-35-36-37-40-43-47-51-55-59-63-76(81)93-72(67-87-74(79)61-57-53-49-45-41-38-33-30-26-22-18-14-10-6-2)69-91-95(84,85)89-65-70(77)64-88-94(82,83)90-68-71(66-86-73(78)60-56-52-48-44-28-24-20-16-12-8-4)92-75(80)62-58-54-50-46-42-39-34-31-27-23-19-15-11-7-3/h70-72,77H,5-69H2,1-4H3,(H,82,83)(H,84,85)/t70-,71+,72+/m0/s1. The molecule has 564 valence electrons. The molecule has 0 heterocycles. The van der Waals surface area contributed by atoms with Gasteiger partial charge in [-0.2, -0.15) is 0 Å². The molecule has 0 saturated heterocycles. The third-order valence-electron chi connectivity index (χ3n) is 17.9. The molecule has 0 aliphatic heterocycles. The van der Waals surface area contributed by atoms with Crippen molar-refractivity contribution in [2.75, 3.05) is 39.6 Å². The van der Waals surface area contributed by atoms with E-state index >= 15 is 0 Å². The number of aliphatic hydroxyl groups excluding tert-OH is 1. The van der Waals surface area contributed by atoms with Gasteiger partial charge in [0.15, 0.2) is 12.2 Å². The summed E-state index contributed by atoms with van der Waals surface area (Å²) in [5, 5.41) is 10.6. The Kier molecular flexibility index (Phi) is 69.1. The fourth-order valence-electron chi connectivity index (χ4n) is 11.8. The second kappa shape index (κ2) is 70.5. The number of phosphoric ester groups is 2. The number of phosphoric acid groups is 2. The van der Waals surface area contributed by atoms with Gasteiger partial charge in [-0.1, -0.05) is 355 Å². The van der Waals surface area contributed by atoms with E-state index in [1.54, 1.807) is 0 Å². The highest BCUT2D eigenvalue weighted by Gasteiger charge is 2.30. The van der Waals surface area contributed by atoms with Gasteiger partial charge >= 0.3 is 39.5 Å². The number of carbonyl (C=O) groups is 4. The Balaban J connectivity index is 5.24. The summed E-state index contributed by atoms with van der Waals surface area (Å²) in [5.74, 6) is -2.11. The normalized spacial score (nSPS) is 13.9. The second-order valence-electron chi connectivity index (χ2n) is 27.4. The van der Waals surface area contributed by atoms with E-state index < -0.39 is 97.5 Å². The van der Waals surface area contributed by atoms with Gasteiger partial charge in [0.25, 0.3) is 0 Å². The van der Waals surface area contributed by atoms with Gasteiger partial charge in [0, 0.05) is 25.7 Å². The Labute approximate surface area is 581 Å². The zero-order valence-corrected chi connectivity index (χ0v) is 63.4. The van der Waals surface area contributed by atoms with Gasteiger partial charge in [-0.25, -0.2) is 9.13 Å². The summed E-state index contributed by atoms with van der Waals surface area (Å²) >= 11 is 0. The van der Waals surface area contributed by atoms with Crippen LogP contribution in [0.4, 0.5) is 0 Å². The van der Waals surface area contributed by atoms with Crippen LogP contribution in [0.3, 0.4) is 0 Å². The second-order valence-corrected chi connectivity index (χ2v) is 30.3. The summed E-state index contributed by atoms with van der Waals surface area (Å²) in [5.41, 5.74) is 0. The monoisotopic (exact) mass is 1400 g/mol. The average molecular weight is 1400 g/mol. The van der Waals surface area contributed by atoms with Crippen molar-refractivity contribution in [2.24, 2.45) is 0 Å². The average Bonchev–Trinajstić information content (AvgIpc) is 1.66. The molecule has 17 nitrogen and oxygen atoms in total. The molecule has 0 aromatic rings. The first-order chi connectivity index (χ1) is 46.2. The Morgan fingerprint density at radius 1 is 0.253 bits per heavy atom. The number of hydrogen-bond acceptors (Lipinski definition) is 15. The lowest BCUT2D eigenvalue weighted by atomic mass is 10.0. The molecule has 5 atom stereocenters. The van der Waals surface area contributed by atoms with Crippen LogP contribution in [0.1, 0.15) is 407 Å². The van der Waals surface area contributed by atoms with Crippen LogP contribution in [0.25, 0.3) is 0 Å². The number of aliphatic hydroxyl groups is 1. The summed E-state index contributed by atoms with van der Waals surface area (Å²) < 4.78 is 68.5. The van der Waals surface area contributed by atoms with Gasteiger partial charge in [-0.05, 0) is 25.7 Å². The molecule has 95 heavy (non-hydrogen) atoms. The van der Waals surface area contributed by atoms with E-state index in [0.29, 0.717) is 25.7 Å². The summed E-state index contributed by atoms with van der Waals surface area (Å²) in [6.07, 6.45) is 60.8. The number of carbonyl (C=O) groups excluding carboxylic acids is 4. The molecular formula is C76H148O17P2. The van der Waals surface area contributed by atoms with Crippen molar-refractivity contribution < 1.29 is 80.2 Å². The van der Waals surface area contributed by atoms with Crippen LogP contribution in [-0.4, -0.2) is 96.7 Å². The summed E-state index contributed by atoms with van der Waals surface area (Å²) in [6.45, 7) is 4.99. The van der Waals surface area contributed by atoms with E-state index in [1.165, 1.54) is 238 Å². The molecule has 3 N–H and O–H groups in total. The van der Waals surface area contributed by atoms with Crippen molar-refractivity contribution in [1.29, 1.82) is 0 Å². The molecule has 0 fully saturated rings. The third-order valence-corrected chi connectivity index (χ3v) is 19.8. The van der Waals surface area contributed by atoms with Crippen molar-refractivity contribution in [1.82, 2.24) is 0 Å². The number of hydrogen-bond donors (Lipinski definition) is 3. The molecule has 0 saturated carbocycles. The van der Waals surface area contributed by atoms with E-state index in [4.69, 9.17) is 37.0 Å². The van der Waals surface area contributed by atoms with E-state index in [1.807, 2.05) is 0 Å². The molecule has 0 aromatic heterocycles. The van der Waals surface area contributed by atoms with Crippen molar-refractivity contribution in [3.8, 4) is 0 Å². The van der Waals surface area contributed by atoms with Crippen LogP contribution < -0.4 is 0 Å². The zero-order valence-electron chi connectivity index (χ0n) is 61.6. The number of rotatable bonds is 77. The predicted octanol–water partition coefficient (Wildman–Crippen LogP) is 22.6. The SMILES string of the molecule is CCCCCCCCCCCCCCCCCCCC(=O)O[C@H](COC(=O)CCCCCCCCCCCCCCCC)COP(=O)(O)OC[C@@H](O)COP(=O)(O)OC[C@@H](COC(=O)CCCCCCCCCCCC)OC(=O)CCCCCCCCCCCCCCCC. The molecule has 0 radical (unpaired) electrons. The maximum absolute atomic E-state index is 13.1. The lowest BCUT2D eigenvalue weighted by Gasteiger charge is -2.21. The van der Waals surface area contributed by atoms with Gasteiger partial charge in [-0.3, -0.25) is 37.3 Å². The predicted molar refractivity (Wildman–Crippen MR) is 386 cm³/mol. The molecule has 0 aliphatic carbocycles. The Morgan fingerprint density at radius 2 is 0.421 bits per heavy atom. The molecule has 19 heteroatoms. The van der Waals surface area contributed by atoms with E-state index in [2.05, 4.69) is 27.7 Å². The highest BCUT2D eigenvalue weighted by atomic mass is 31.2. The van der Waals surface area contributed by atoms with E-state index in [0.717, 1.165) is 89.9 Å². The lowest BCUT2D eigenvalue weighted by Crippen LogP contribution is -2.30. The van der Waals surface area contributed by atoms with E-state index in [-0.39, 0.29) is 25.7 Å². The smallest absolute Gasteiger partial charge is 0.462 e.